The van der Waals surface area contributed by atoms with Crippen LogP contribution >= 0.6 is 0 Å². The topological polar surface area (TPSA) is 33.0 Å². The maximum absolute atomic E-state index is 8.63. The van der Waals surface area contributed by atoms with Crippen LogP contribution in [0.4, 0.5) is 0 Å². The molecule has 0 heterocycles. The molecule has 1 fully saturated rings. The Balaban J connectivity index is 2.36. The predicted molar refractivity (Wildman–Crippen MR) is 38.4 cm³/mol. The minimum absolute atomic E-state index is 0.167. The Morgan fingerprint density at radius 3 is 3.00 bits per heavy atom. The highest BCUT2D eigenvalue weighted by molar-refractivity contribution is 4.93. The van der Waals surface area contributed by atoms with Crippen molar-refractivity contribution in [1.82, 2.24) is 0 Å². The van der Waals surface area contributed by atoms with Gasteiger partial charge in [-0.1, -0.05) is 0 Å². The summed E-state index contributed by atoms with van der Waals surface area (Å²) in [6.45, 7) is 2.72. The van der Waals surface area contributed by atoms with Gasteiger partial charge < -0.3 is 4.74 Å². The summed E-state index contributed by atoms with van der Waals surface area (Å²) in [4.78, 5) is 0. The van der Waals surface area contributed by atoms with E-state index in [4.69, 9.17) is 10.00 Å². The van der Waals surface area contributed by atoms with Crippen LogP contribution in [0, 0.1) is 17.2 Å². The van der Waals surface area contributed by atoms with Gasteiger partial charge in [0.15, 0.2) is 0 Å². The first-order valence-electron chi connectivity index (χ1n) is 3.89. The molecule has 0 radical (unpaired) electrons. The zero-order valence-electron chi connectivity index (χ0n) is 6.34. The van der Waals surface area contributed by atoms with E-state index < -0.39 is 0 Å². The Labute approximate surface area is 61.8 Å². The number of ether oxygens (including phenoxy) is 1. The first kappa shape index (κ1) is 7.56. The van der Waals surface area contributed by atoms with Gasteiger partial charge >= 0.3 is 0 Å². The summed E-state index contributed by atoms with van der Waals surface area (Å²) in [5, 5.41) is 8.63. The summed E-state index contributed by atoms with van der Waals surface area (Å²) in [7, 11) is 0. The lowest BCUT2D eigenvalue weighted by Gasteiger charge is -2.11. The fraction of sp³-hybridized carbons (Fsp3) is 0.875. The second-order valence-electron chi connectivity index (χ2n) is 2.66. The molecule has 0 N–H and O–H groups in total. The molecule has 0 saturated heterocycles. The fourth-order valence-corrected chi connectivity index (χ4v) is 1.49. The summed E-state index contributed by atoms with van der Waals surface area (Å²) in [5.41, 5.74) is 0. The Hall–Kier alpha value is -0.550. The van der Waals surface area contributed by atoms with Crippen LogP contribution in [0.15, 0.2) is 0 Å². The highest BCUT2D eigenvalue weighted by Crippen LogP contribution is 2.27. The van der Waals surface area contributed by atoms with Crippen LogP contribution in [0.25, 0.3) is 0 Å². The average molecular weight is 139 g/mol. The maximum atomic E-state index is 8.63. The van der Waals surface area contributed by atoms with Gasteiger partial charge in [0.2, 0.25) is 0 Å². The Bertz CT molecular complexity index is 139. The summed E-state index contributed by atoms with van der Waals surface area (Å²) in [6, 6.07) is 2.27. The average Bonchev–Trinajstić information content (AvgIpc) is 2.36. The van der Waals surface area contributed by atoms with Crippen molar-refractivity contribution < 1.29 is 4.74 Å². The van der Waals surface area contributed by atoms with E-state index in [9.17, 15) is 0 Å². The van der Waals surface area contributed by atoms with Crippen molar-refractivity contribution in [3.63, 3.8) is 0 Å². The highest BCUT2D eigenvalue weighted by atomic mass is 16.5. The zero-order chi connectivity index (χ0) is 7.40. The largest absolute Gasteiger partial charge is 0.377 e. The van der Waals surface area contributed by atoms with Crippen LogP contribution < -0.4 is 0 Å². The molecule has 0 aromatic rings. The lowest BCUT2D eigenvalue weighted by Crippen LogP contribution is -2.16. The minimum atomic E-state index is 0.167. The molecular formula is C8H13NO. The highest BCUT2D eigenvalue weighted by Gasteiger charge is 2.26. The molecule has 0 aromatic carbocycles. The van der Waals surface area contributed by atoms with E-state index in [2.05, 4.69) is 6.07 Å². The fourth-order valence-electron chi connectivity index (χ4n) is 1.49. The monoisotopic (exact) mass is 139 g/mol. The third-order valence-corrected chi connectivity index (χ3v) is 2.00. The van der Waals surface area contributed by atoms with Crippen molar-refractivity contribution in [3.05, 3.63) is 0 Å². The van der Waals surface area contributed by atoms with Gasteiger partial charge in [-0.25, -0.2) is 0 Å². The van der Waals surface area contributed by atoms with Gasteiger partial charge in [0.05, 0.1) is 18.1 Å². The van der Waals surface area contributed by atoms with Gasteiger partial charge in [0.1, 0.15) is 0 Å². The van der Waals surface area contributed by atoms with Gasteiger partial charge in [-0.3, -0.25) is 0 Å². The van der Waals surface area contributed by atoms with E-state index in [1.807, 2.05) is 6.92 Å². The number of hydrogen-bond donors (Lipinski definition) is 0. The van der Waals surface area contributed by atoms with Crippen LogP contribution in [-0.4, -0.2) is 12.7 Å². The molecule has 56 valence electrons. The van der Waals surface area contributed by atoms with Crippen molar-refractivity contribution in [2.24, 2.45) is 5.92 Å². The molecule has 1 aliphatic rings. The lowest BCUT2D eigenvalue weighted by molar-refractivity contribution is 0.0506. The predicted octanol–water partition coefficient (Wildman–Crippen LogP) is 1.72. The van der Waals surface area contributed by atoms with Gasteiger partial charge in [-0.15, -0.1) is 0 Å². The smallest absolute Gasteiger partial charge is 0.0733 e. The molecule has 2 unspecified atom stereocenters. The van der Waals surface area contributed by atoms with Gasteiger partial charge in [0.25, 0.3) is 0 Å². The molecule has 1 saturated carbocycles. The molecule has 2 atom stereocenters. The first-order valence-corrected chi connectivity index (χ1v) is 3.89. The molecule has 2 heteroatoms. The van der Waals surface area contributed by atoms with Crippen LogP contribution in [0.2, 0.25) is 0 Å². The van der Waals surface area contributed by atoms with E-state index in [1.165, 1.54) is 0 Å². The molecule has 0 aliphatic heterocycles. The molecule has 1 aliphatic carbocycles. The molecule has 10 heavy (non-hydrogen) atoms. The number of hydrogen-bond acceptors (Lipinski definition) is 2. The standard InChI is InChI=1S/C8H13NO/c1-2-10-8-5-3-4-7(8)6-9/h7-8H,2-5H2,1H3. The molecule has 2 nitrogen and oxygen atoms in total. The number of rotatable bonds is 2. The van der Waals surface area contributed by atoms with Crippen LogP contribution in [0.5, 0.6) is 0 Å². The number of nitriles is 1. The van der Waals surface area contributed by atoms with Crippen LogP contribution in [0.3, 0.4) is 0 Å². The molecule has 0 spiro atoms. The SMILES string of the molecule is CCOC1CCCC1C#N. The first-order chi connectivity index (χ1) is 4.88. The van der Waals surface area contributed by atoms with Gasteiger partial charge in [-0.2, -0.15) is 5.26 Å². The Morgan fingerprint density at radius 2 is 2.40 bits per heavy atom. The molecular weight excluding hydrogens is 126 g/mol. The normalized spacial score (nSPS) is 32.0. The third-order valence-electron chi connectivity index (χ3n) is 2.00. The molecule has 1 rings (SSSR count). The summed E-state index contributed by atoms with van der Waals surface area (Å²) < 4.78 is 5.38. The maximum Gasteiger partial charge on any atom is 0.0733 e. The molecule has 0 bridgehead atoms. The summed E-state index contributed by atoms with van der Waals surface area (Å²) in [5.74, 6) is 0.167. The van der Waals surface area contributed by atoms with E-state index in [1.54, 1.807) is 0 Å². The number of nitrogens with zero attached hydrogens (tertiary/aromatic N) is 1. The van der Waals surface area contributed by atoms with Crippen molar-refractivity contribution in [2.75, 3.05) is 6.61 Å². The van der Waals surface area contributed by atoms with E-state index in [0.29, 0.717) is 0 Å². The lowest BCUT2D eigenvalue weighted by atomic mass is 10.1. The third kappa shape index (κ3) is 1.48. The molecule has 0 aromatic heterocycles. The Kier molecular flexibility index (Phi) is 2.70. The van der Waals surface area contributed by atoms with Crippen molar-refractivity contribution in [1.29, 1.82) is 5.26 Å². The zero-order valence-corrected chi connectivity index (χ0v) is 6.34. The van der Waals surface area contributed by atoms with Gasteiger partial charge in [0, 0.05) is 6.61 Å². The molecule has 0 amide bonds. The Morgan fingerprint density at radius 1 is 1.60 bits per heavy atom. The minimum Gasteiger partial charge on any atom is -0.377 e. The van der Waals surface area contributed by atoms with Crippen LogP contribution in [0.1, 0.15) is 26.2 Å². The van der Waals surface area contributed by atoms with Crippen molar-refractivity contribution >= 4 is 0 Å². The quantitative estimate of drug-likeness (QED) is 0.583. The second-order valence-corrected chi connectivity index (χ2v) is 2.66. The summed E-state index contributed by atoms with van der Waals surface area (Å²) in [6.07, 6.45) is 3.49. The van der Waals surface area contributed by atoms with Crippen LogP contribution in [-0.2, 0) is 4.74 Å². The van der Waals surface area contributed by atoms with E-state index in [0.717, 1.165) is 25.9 Å². The second kappa shape index (κ2) is 3.58. The summed E-state index contributed by atoms with van der Waals surface area (Å²) >= 11 is 0. The van der Waals surface area contributed by atoms with Crippen molar-refractivity contribution in [3.8, 4) is 6.07 Å². The van der Waals surface area contributed by atoms with Crippen molar-refractivity contribution in [2.45, 2.75) is 32.3 Å². The van der Waals surface area contributed by atoms with E-state index in [-0.39, 0.29) is 12.0 Å². The van der Waals surface area contributed by atoms with E-state index >= 15 is 0 Å². The van der Waals surface area contributed by atoms with Gasteiger partial charge in [-0.05, 0) is 26.2 Å².